The summed E-state index contributed by atoms with van der Waals surface area (Å²) in [5.41, 5.74) is 2.52. The molecule has 0 bridgehead atoms. The maximum absolute atomic E-state index is 5.41. The van der Waals surface area contributed by atoms with E-state index >= 15 is 0 Å². The molecule has 0 aliphatic heterocycles. The zero-order chi connectivity index (χ0) is 8.97. The molecule has 12 heavy (non-hydrogen) atoms. The van der Waals surface area contributed by atoms with E-state index < -0.39 is 0 Å². The molecule has 0 amide bonds. The molecule has 0 fully saturated rings. The van der Waals surface area contributed by atoms with Gasteiger partial charge < -0.3 is 5.32 Å². The van der Waals surface area contributed by atoms with Crippen molar-refractivity contribution >= 4 is 11.3 Å². The Morgan fingerprint density at radius 2 is 2.42 bits per heavy atom. The lowest BCUT2D eigenvalue weighted by molar-refractivity contribution is 0.664. The van der Waals surface area contributed by atoms with Crippen LogP contribution in [0, 0.1) is 19.3 Å². The predicted octanol–water partition coefficient (Wildman–Crippen LogP) is 2.34. The van der Waals surface area contributed by atoms with Crippen molar-refractivity contribution in [3.8, 4) is 12.3 Å². The molecule has 0 aromatic carbocycles. The first-order chi connectivity index (χ1) is 5.79. The minimum atomic E-state index is 0.0845. The molecule has 0 aliphatic rings. The molecular weight excluding hydrogens is 166 g/mol. The number of thiophene rings is 1. The van der Waals surface area contributed by atoms with Crippen molar-refractivity contribution in [2.75, 3.05) is 6.54 Å². The summed E-state index contributed by atoms with van der Waals surface area (Å²) in [6.45, 7) is 5.06. The lowest BCUT2D eigenvalue weighted by atomic mass is 10.1. The Balaban J connectivity index is 2.81. The molecule has 1 N–H and O–H groups in total. The maximum atomic E-state index is 5.41. The molecule has 1 heterocycles. The van der Waals surface area contributed by atoms with Gasteiger partial charge in [-0.05, 0) is 35.4 Å². The highest BCUT2D eigenvalue weighted by atomic mass is 32.1. The molecule has 0 aliphatic carbocycles. The average molecular weight is 179 g/mol. The number of nitrogens with one attached hydrogen (secondary N) is 1. The van der Waals surface area contributed by atoms with Gasteiger partial charge in [-0.1, -0.05) is 12.8 Å². The van der Waals surface area contributed by atoms with Gasteiger partial charge in [0.05, 0.1) is 6.04 Å². The van der Waals surface area contributed by atoms with Crippen molar-refractivity contribution in [3.63, 3.8) is 0 Å². The molecule has 64 valence electrons. The van der Waals surface area contributed by atoms with Crippen LogP contribution in [0.3, 0.4) is 0 Å². The van der Waals surface area contributed by atoms with Crippen molar-refractivity contribution in [2.24, 2.45) is 0 Å². The SMILES string of the molecule is C#CC(NCC)c1cscc1C. The Hall–Kier alpha value is -0.780. The largest absolute Gasteiger partial charge is 0.300 e. The molecule has 1 atom stereocenters. The molecule has 1 aromatic heterocycles. The minimum absolute atomic E-state index is 0.0845. The molecule has 1 nitrogen and oxygen atoms in total. The summed E-state index contributed by atoms with van der Waals surface area (Å²) >= 11 is 1.70. The second-order valence-corrected chi connectivity index (χ2v) is 3.41. The van der Waals surface area contributed by atoms with Crippen molar-refractivity contribution in [1.82, 2.24) is 5.32 Å². The summed E-state index contributed by atoms with van der Waals surface area (Å²) in [6, 6.07) is 0.0845. The fourth-order valence-electron chi connectivity index (χ4n) is 1.13. The van der Waals surface area contributed by atoms with Crippen LogP contribution in [0.2, 0.25) is 0 Å². The van der Waals surface area contributed by atoms with E-state index in [1.54, 1.807) is 11.3 Å². The van der Waals surface area contributed by atoms with Gasteiger partial charge in [-0.2, -0.15) is 11.3 Å². The van der Waals surface area contributed by atoms with Crippen molar-refractivity contribution in [3.05, 3.63) is 21.9 Å². The number of terminal acetylenes is 1. The Morgan fingerprint density at radius 1 is 1.67 bits per heavy atom. The lowest BCUT2D eigenvalue weighted by Crippen LogP contribution is -2.19. The van der Waals surface area contributed by atoms with Crippen molar-refractivity contribution in [1.29, 1.82) is 0 Å². The van der Waals surface area contributed by atoms with Crippen LogP contribution in [0.4, 0.5) is 0 Å². The molecule has 0 saturated heterocycles. The summed E-state index contributed by atoms with van der Waals surface area (Å²) in [5, 5.41) is 7.48. The third-order valence-corrected chi connectivity index (χ3v) is 2.66. The topological polar surface area (TPSA) is 12.0 Å². The second kappa shape index (κ2) is 4.30. The summed E-state index contributed by atoms with van der Waals surface area (Å²) < 4.78 is 0. The lowest BCUT2D eigenvalue weighted by Gasteiger charge is -2.10. The zero-order valence-electron chi connectivity index (χ0n) is 7.42. The van der Waals surface area contributed by atoms with E-state index in [9.17, 15) is 0 Å². The first-order valence-corrected chi connectivity index (χ1v) is 4.96. The molecule has 0 radical (unpaired) electrons. The Labute approximate surface area is 77.8 Å². The summed E-state index contributed by atoms with van der Waals surface area (Å²) in [5.74, 6) is 2.74. The summed E-state index contributed by atoms with van der Waals surface area (Å²) in [6.07, 6.45) is 5.41. The van der Waals surface area contributed by atoms with Gasteiger partial charge in [-0.3, -0.25) is 0 Å². The summed E-state index contributed by atoms with van der Waals surface area (Å²) in [4.78, 5) is 0. The first kappa shape index (κ1) is 9.31. The third-order valence-electron chi connectivity index (χ3n) is 1.78. The fourth-order valence-corrected chi connectivity index (χ4v) is 2.01. The highest BCUT2D eigenvalue weighted by Crippen LogP contribution is 2.20. The van der Waals surface area contributed by atoms with E-state index in [1.165, 1.54) is 11.1 Å². The Bertz CT molecular complexity index is 282. The zero-order valence-corrected chi connectivity index (χ0v) is 8.24. The molecule has 1 rings (SSSR count). The third kappa shape index (κ3) is 1.88. The normalized spacial score (nSPS) is 12.4. The van der Waals surface area contributed by atoms with E-state index in [1.807, 2.05) is 0 Å². The van der Waals surface area contributed by atoms with Crippen LogP contribution in [0.5, 0.6) is 0 Å². The van der Waals surface area contributed by atoms with Crippen LogP contribution in [-0.2, 0) is 0 Å². The van der Waals surface area contributed by atoms with Gasteiger partial charge in [0.15, 0.2) is 0 Å². The van der Waals surface area contributed by atoms with E-state index in [4.69, 9.17) is 6.42 Å². The second-order valence-electron chi connectivity index (χ2n) is 2.67. The Kier molecular flexibility index (Phi) is 3.33. The number of hydrogen-bond donors (Lipinski definition) is 1. The van der Waals surface area contributed by atoms with Gasteiger partial charge in [-0.15, -0.1) is 6.42 Å². The van der Waals surface area contributed by atoms with Crippen LogP contribution in [-0.4, -0.2) is 6.54 Å². The van der Waals surface area contributed by atoms with E-state index in [0.717, 1.165) is 6.54 Å². The minimum Gasteiger partial charge on any atom is -0.300 e. The van der Waals surface area contributed by atoms with Crippen molar-refractivity contribution in [2.45, 2.75) is 19.9 Å². The van der Waals surface area contributed by atoms with Gasteiger partial charge in [0.25, 0.3) is 0 Å². The van der Waals surface area contributed by atoms with Crippen LogP contribution < -0.4 is 5.32 Å². The van der Waals surface area contributed by atoms with E-state index in [0.29, 0.717) is 0 Å². The van der Waals surface area contributed by atoms with Gasteiger partial charge in [0, 0.05) is 0 Å². The van der Waals surface area contributed by atoms with Crippen LogP contribution in [0.1, 0.15) is 24.1 Å². The molecule has 2 heteroatoms. The van der Waals surface area contributed by atoms with Crippen molar-refractivity contribution < 1.29 is 0 Å². The summed E-state index contributed by atoms with van der Waals surface area (Å²) in [7, 11) is 0. The highest BCUT2D eigenvalue weighted by Gasteiger charge is 2.09. The fraction of sp³-hybridized carbons (Fsp3) is 0.400. The first-order valence-electron chi connectivity index (χ1n) is 4.01. The van der Waals surface area contributed by atoms with Crippen LogP contribution >= 0.6 is 11.3 Å². The number of aryl methyl sites for hydroxylation is 1. The molecule has 0 saturated carbocycles. The maximum Gasteiger partial charge on any atom is 0.0953 e. The quantitative estimate of drug-likeness (QED) is 0.702. The smallest absolute Gasteiger partial charge is 0.0953 e. The predicted molar refractivity (Wildman–Crippen MR) is 54.3 cm³/mol. The highest BCUT2D eigenvalue weighted by molar-refractivity contribution is 7.08. The average Bonchev–Trinajstić information content (AvgIpc) is 2.47. The van der Waals surface area contributed by atoms with Gasteiger partial charge >= 0.3 is 0 Å². The number of hydrogen-bond acceptors (Lipinski definition) is 2. The van der Waals surface area contributed by atoms with Crippen LogP contribution in [0.15, 0.2) is 10.8 Å². The molecular formula is C10H13NS. The van der Waals surface area contributed by atoms with Gasteiger partial charge in [0.1, 0.15) is 0 Å². The molecule has 1 aromatic rings. The Morgan fingerprint density at radius 3 is 2.83 bits per heavy atom. The van der Waals surface area contributed by atoms with E-state index in [2.05, 4.69) is 35.8 Å². The van der Waals surface area contributed by atoms with E-state index in [-0.39, 0.29) is 6.04 Å². The van der Waals surface area contributed by atoms with Crippen LogP contribution in [0.25, 0.3) is 0 Å². The monoisotopic (exact) mass is 179 g/mol. The number of rotatable bonds is 3. The van der Waals surface area contributed by atoms with Gasteiger partial charge in [-0.25, -0.2) is 0 Å². The van der Waals surface area contributed by atoms with Gasteiger partial charge in [0.2, 0.25) is 0 Å². The molecule has 1 unspecified atom stereocenters. The molecule has 0 spiro atoms. The standard InChI is InChI=1S/C10H13NS/c1-4-10(11-5-2)9-7-12-6-8(9)3/h1,6-7,10-11H,5H2,2-3H3.